The molecule has 82 valence electrons. The number of carboxylic acid groups (broad SMARTS) is 1. The molecule has 6 heteroatoms. The summed E-state index contributed by atoms with van der Waals surface area (Å²) < 4.78 is 0. The zero-order valence-electron chi connectivity index (χ0n) is 7.83. The molecule has 0 saturated heterocycles. The first-order valence-corrected chi connectivity index (χ1v) is 5.60. The van der Waals surface area contributed by atoms with E-state index in [1.165, 1.54) is 11.3 Å². The number of carbonyl (C=O) groups is 2. The first kappa shape index (κ1) is 12.0. The summed E-state index contributed by atoms with van der Waals surface area (Å²) in [5.74, 6) is -1.11. The normalized spacial score (nSPS) is 9.93. The number of aliphatic carboxylic acids is 1. The van der Waals surface area contributed by atoms with Crippen molar-refractivity contribution < 1.29 is 14.7 Å². The number of hydrogen-bond acceptors (Lipinski definition) is 3. The summed E-state index contributed by atoms with van der Waals surface area (Å²) in [6, 6.07) is 1.65. The van der Waals surface area contributed by atoms with Crippen molar-refractivity contribution in [3.63, 3.8) is 0 Å². The SMILES string of the molecule is O=C(O)CCCNC(=O)c1sccc1Cl. The number of hydrogen-bond donors (Lipinski definition) is 2. The van der Waals surface area contributed by atoms with Crippen molar-refractivity contribution in [2.45, 2.75) is 12.8 Å². The zero-order valence-corrected chi connectivity index (χ0v) is 9.40. The number of carboxylic acids is 1. The topological polar surface area (TPSA) is 66.4 Å². The fourth-order valence-corrected chi connectivity index (χ4v) is 2.03. The van der Waals surface area contributed by atoms with Gasteiger partial charge in [-0.15, -0.1) is 11.3 Å². The van der Waals surface area contributed by atoms with E-state index in [1.54, 1.807) is 11.4 Å². The molecule has 0 saturated carbocycles. The highest BCUT2D eigenvalue weighted by atomic mass is 35.5. The second-order valence-corrected chi connectivity index (χ2v) is 4.17. The lowest BCUT2D eigenvalue weighted by atomic mass is 10.3. The van der Waals surface area contributed by atoms with Gasteiger partial charge in [-0.25, -0.2) is 0 Å². The van der Waals surface area contributed by atoms with Gasteiger partial charge in [-0.2, -0.15) is 0 Å². The Bertz CT molecular complexity index is 364. The summed E-state index contributed by atoms with van der Waals surface area (Å²) in [7, 11) is 0. The van der Waals surface area contributed by atoms with Gasteiger partial charge in [-0.05, 0) is 17.9 Å². The predicted molar refractivity (Wildman–Crippen MR) is 58.5 cm³/mol. The Balaban J connectivity index is 2.31. The Kier molecular flexibility index (Phi) is 4.58. The van der Waals surface area contributed by atoms with Gasteiger partial charge < -0.3 is 10.4 Å². The fraction of sp³-hybridized carbons (Fsp3) is 0.333. The minimum Gasteiger partial charge on any atom is -0.481 e. The van der Waals surface area contributed by atoms with Gasteiger partial charge in [0.1, 0.15) is 4.88 Å². The molecule has 0 radical (unpaired) electrons. The lowest BCUT2D eigenvalue weighted by molar-refractivity contribution is -0.137. The molecule has 0 fully saturated rings. The van der Waals surface area contributed by atoms with Gasteiger partial charge in [0.05, 0.1) is 5.02 Å². The number of amides is 1. The lowest BCUT2D eigenvalue weighted by Crippen LogP contribution is -2.24. The minimum atomic E-state index is -0.863. The van der Waals surface area contributed by atoms with Crippen molar-refractivity contribution in [2.75, 3.05) is 6.54 Å². The number of nitrogens with one attached hydrogen (secondary N) is 1. The van der Waals surface area contributed by atoms with Gasteiger partial charge in [-0.3, -0.25) is 9.59 Å². The number of rotatable bonds is 5. The Morgan fingerprint density at radius 3 is 2.80 bits per heavy atom. The van der Waals surface area contributed by atoms with Crippen molar-refractivity contribution in [3.8, 4) is 0 Å². The largest absolute Gasteiger partial charge is 0.481 e. The maximum Gasteiger partial charge on any atom is 0.303 e. The van der Waals surface area contributed by atoms with Crippen molar-refractivity contribution in [1.29, 1.82) is 0 Å². The van der Waals surface area contributed by atoms with Crippen LogP contribution in [0.4, 0.5) is 0 Å². The molecule has 0 atom stereocenters. The van der Waals surface area contributed by atoms with E-state index in [4.69, 9.17) is 16.7 Å². The second-order valence-electron chi connectivity index (χ2n) is 2.85. The van der Waals surface area contributed by atoms with Gasteiger partial charge in [0.15, 0.2) is 0 Å². The van der Waals surface area contributed by atoms with Crippen LogP contribution in [0, 0.1) is 0 Å². The Labute approximate surface area is 95.9 Å². The quantitative estimate of drug-likeness (QED) is 0.782. The van der Waals surface area contributed by atoms with Crippen molar-refractivity contribution >= 4 is 34.8 Å². The summed E-state index contributed by atoms with van der Waals surface area (Å²) in [6.45, 7) is 0.347. The molecule has 4 nitrogen and oxygen atoms in total. The molecule has 1 rings (SSSR count). The molecule has 0 bridgehead atoms. The molecule has 2 N–H and O–H groups in total. The Morgan fingerprint density at radius 1 is 1.53 bits per heavy atom. The lowest BCUT2D eigenvalue weighted by Gasteiger charge is -2.02. The molecule has 15 heavy (non-hydrogen) atoms. The fourth-order valence-electron chi connectivity index (χ4n) is 0.978. The predicted octanol–water partition coefficient (Wildman–Crippen LogP) is 2.00. The van der Waals surface area contributed by atoms with Gasteiger partial charge in [-0.1, -0.05) is 11.6 Å². The molecule has 1 heterocycles. The number of thiophene rings is 1. The van der Waals surface area contributed by atoms with Crippen LogP contribution < -0.4 is 5.32 Å². The monoisotopic (exact) mass is 247 g/mol. The highest BCUT2D eigenvalue weighted by molar-refractivity contribution is 7.12. The van der Waals surface area contributed by atoms with E-state index in [1.807, 2.05) is 0 Å². The summed E-state index contributed by atoms with van der Waals surface area (Å²) in [6.07, 6.45) is 0.475. The third-order valence-electron chi connectivity index (χ3n) is 1.68. The molecule has 0 unspecified atom stereocenters. The molecule has 0 aliphatic carbocycles. The van der Waals surface area contributed by atoms with Gasteiger partial charge in [0.25, 0.3) is 5.91 Å². The van der Waals surface area contributed by atoms with Crippen LogP contribution in [0.2, 0.25) is 5.02 Å². The highest BCUT2D eigenvalue weighted by Crippen LogP contribution is 2.21. The molecule has 1 aromatic heterocycles. The van der Waals surface area contributed by atoms with Crippen LogP contribution in [0.5, 0.6) is 0 Å². The second kappa shape index (κ2) is 5.72. The first-order chi connectivity index (χ1) is 7.11. The van der Waals surface area contributed by atoms with E-state index >= 15 is 0 Å². The standard InChI is InChI=1S/C9H10ClNO3S/c10-6-3-5-15-8(6)9(14)11-4-1-2-7(12)13/h3,5H,1-2,4H2,(H,11,14)(H,12,13). The molecule has 0 aliphatic heterocycles. The van der Waals surface area contributed by atoms with Crippen LogP contribution in [0.25, 0.3) is 0 Å². The minimum absolute atomic E-state index is 0.0540. The summed E-state index contributed by atoms with van der Waals surface area (Å²) in [5.41, 5.74) is 0. The number of carbonyl (C=O) groups excluding carboxylic acids is 1. The zero-order chi connectivity index (χ0) is 11.3. The van der Waals surface area contributed by atoms with Gasteiger partial charge >= 0.3 is 5.97 Å². The molecule has 1 amide bonds. The van der Waals surface area contributed by atoms with E-state index in [-0.39, 0.29) is 12.3 Å². The van der Waals surface area contributed by atoms with Crippen molar-refractivity contribution in [2.24, 2.45) is 0 Å². The van der Waals surface area contributed by atoms with E-state index in [0.29, 0.717) is 22.9 Å². The van der Waals surface area contributed by atoms with Crippen molar-refractivity contribution in [3.05, 3.63) is 21.3 Å². The van der Waals surface area contributed by atoms with Gasteiger partial charge in [0.2, 0.25) is 0 Å². The molecule has 0 aliphatic rings. The van der Waals surface area contributed by atoms with Crippen LogP contribution >= 0.6 is 22.9 Å². The highest BCUT2D eigenvalue weighted by Gasteiger charge is 2.10. The van der Waals surface area contributed by atoms with Crippen LogP contribution in [-0.2, 0) is 4.79 Å². The van der Waals surface area contributed by atoms with E-state index in [2.05, 4.69) is 5.32 Å². The summed E-state index contributed by atoms with van der Waals surface area (Å²) in [5, 5.41) is 13.1. The van der Waals surface area contributed by atoms with Crippen LogP contribution in [0.15, 0.2) is 11.4 Å². The molecule has 0 aromatic carbocycles. The molecular weight excluding hydrogens is 238 g/mol. The third-order valence-corrected chi connectivity index (χ3v) is 3.02. The Morgan fingerprint density at radius 2 is 2.27 bits per heavy atom. The number of halogens is 1. The molecule has 1 aromatic rings. The van der Waals surface area contributed by atoms with Crippen LogP contribution in [0.1, 0.15) is 22.5 Å². The molecular formula is C9H10ClNO3S. The van der Waals surface area contributed by atoms with E-state index in [9.17, 15) is 9.59 Å². The maximum absolute atomic E-state index is 11.4. The first-order valence-electron chi connectivity index (χ1n) is 4.34. The average Bonchev–Trinajstić information content (AvgIpc) is 2.58. The molecule has 0 spiro atoms. The summed E-state index contributed by atoms with van der Waals surface area (Å²) >= 11 is 7.02. The van der Waals surface area contributed by atoms with Gasteiger partial charge in [0, 0.05) is 13.0 Å². The van der Waals surface area contributed by atoms with Crippen LogP contribution in [0.3, 0.4) is 0 Å². The van der Waals surface area contributed by atoms with Crippen molar-refractivity contribution in [1.82, 2.24) is 5.32 Å². The average molecular weight is 248 g/mol. The Hall–Kier alpha value is -1.07. The summed E-state index contributed by atoms with van der Waals surface area (Å²) in [4.78, 5) is 22.1. The maximum atomic E-state index is 11.4. The van der Waals surface area contributed by atoms with E-state index in [0.717, 1.165) is 0 Å². The van der Waals surface area contributed by atoms with Crippen LogP contribution in [-0.4, -0.2) is 23.5 Å². The smallest absolute Gasteiger partial charge is 0.303 e. The van der Waals surface area contributed by atoms with E-state index < -0.39 is 5.97 Å². The third kappa shape index (κ3) is 3.89.